The van der Waals surface area contributed by atoms with E-state index in [4.69, 9.17) is 0 Å². The number of rotatable bonds is 4. The minimum Gasteiger partial charge on any atom is -0.393 e. The number of amides is 1. The van der Waals surface area contributed by atoms with E-state index in [1.165, 1.54) is 11.1 Å². The third kappa shape index (κ3) is 3.60. The van der Waals surface area contributed by atoms with Gasteiger partial charge >= 0.3 is 0 Å². The van der Waals surface area contributed by atoms with Crippen molar-refractivity contribution in [2.24, 2.45) is 0 Å². The molecule has 1 heterocycles. The van der Waals surface area contributed by atoms with E-state index in [0.29, 0.717) is 12.8 Å². The van der Waals surface area contributed by atoms with Crippen LogP contribution in [0.4, 0.5) is 0 Å². The summed E-state index contributed by atoms with van der Waals surface area (Å²) in [6.07, 6.45) is 2.90. The van der Waals surface area contributed by atoms with Gasteiger partial charge < -0.3 is 10.0 Å². The van der Waals surface area contributed by atoms with E-state index in [-0.39, 0.29) is 18.1 Å². The summed E-state index contributed by atoms with van der Waals surface area (Å²) >= 11 is 0. The van der Waals surface area contributed by atoms with Gasteiger partial charge in [-0.2, -0.15) is 0 Å². The Kier molecular flexibility index (Phi) is 4.81. The van der Waals surface area contributed by atoms with Crippen molar-refractivity contribution in [3.63, 3.8) is 0 Å². The molecule has 3 heteroatoms. The van der Waals surface area contributed by atoms with Crippen LogP contribution in [0.15, 0.2) is 18.2 Å². The summed E-state index contributed by atoms with van der Waals surface area (Å²) in [5.74, 6) is 0.196. The lowest BCUT2D eigenvalue weighted by Crippen LogP contribution is -2.38. The average molecular weight is 275 g/mol. The van der Waals surface area contributed by atoms with Crippen LogP contribution >= 0.6 is 0 Å². The molecule has 1 aromatic carbocycles. The predicted molar refractivity (Wildman–Crippen MR) is 80.7 cm³/mol. The topological polar surface area (TPSA) is 40.5 Å². The summed E-state index contributed by atoms with van der Waals surface area (Å²) in [6, 6.07) is 6.48. The summed E-state index contributed by atoms with van der Waals surface area (Å²) in [5.41, 5.74) is 3.49. The number of hydrogen-bond acceptors (Lipinski definition) is 2. The molecule has 1 amide bonds. The van der Waals surface area contributed by atoms with E-state index in [1.54, 1.807) is 6.92 Å². The van der Waals surface area contributed by atoms with Gasteiger partial charge in [0.2, 0.25) is 5.91 Å². The standard InChI is InChI=1S/C17H25NO2/c1-12-6-7-13(2)15(9-12)11-17(20)18-8-4-5-16(18)10-14(3)19/h6-7,9,14,16,19H,4-5,8,10-11H2,1-3H3. The lowest BCUT2D eigenvalue weighted by Gasteiger charge is -2.26. The number of benzene rings is 1. The maximum absolute atomic E-state index is 12.5. The van der Waals surface area contributed by atoms with Gasteiger partial charge in [-0.1, -0.05) is 23.8 Å². The van der Waals surface area contributed by atoms with Crippen LogP contribution in [0.1, 0.15) is 42.9 Å². The molecule has 2 rings (SSSR count). The largest absolute Gasteiger partial charge is 0.393 e. The summed E-state index contributed by atoms with van der Waals surface area (Å²) < 4.78 is 0. The molecule has 20 heavy (non-hydrogen) atoms. The van der Waals surface area contributed by atoms with Crippen LogP contribution in [0.2, 0.25) is 0 Å². The van der Waals surface area contributed by atoms with Crippen LogP contribution in [-0.4, -0.2) is 34.6 Å². The molecule has 2 atom stereocenters. The zero-order chi connectivity index (χ0) is 14.7. The van der Waals surface area contributed by atoms with Gasteiger partial charge in [0.25, 0.3) is 0 Å². The second-order valence-corrected chi connectivity index (χ2v) is 6.07. The number of carbonyl (C=O) groups excluding carboxylic acids is 1. The fraction of sp³-hybridized carbons (Fsp3) is 0.588. The minimum absolute atomic E-state index is 0.196. The highest BCUT2D eigenvalue weighted by Crippen LogP contribution is 2.23. The van der Waals surface area contributed by atoms with E-state index >= 15 is 0 Å². The van der Waals surface area contributed by atoms with Gasteiger partial charge in [0.05, 0.1) is 12.5 Å². The van der Waals surface area contributed by atoms with Crippen molar-refractivity contribution in [3.05, 3.63) is 34.9 Å². The first kappa shape index (κ1) is 15.0. The molecule has 1 saturated heterocycles. The molecule has 3 nitrogen and oxygen atoms in total. The first-order valence-electron chi connectivity index (χ1n) is 7.51. The van der Waals surface area contributed by atoms with E-state index in [9.17, 15) is 9.90 Å². The third-order valence-corrected chi connectivity index (χ3v) is 4.16. The van der Waals surface area contributed by atoms with Crippen LogP contribution < -0.4 is 0 Å². The number of aliphatic hydroxyl groups excluding tert-OH is 1. The molecule has 0 spiro atoms. The Morgan fingerprint density at radius 3 is 2.90 bits per heavy atom. The molecule has 1 aromatic rings. The Morgan fingerprint density at radius 2 is 2.20 bits per heavy atom. The van der Waals surface area contributed by atoms with Crippen molar-refractivity contribution in [1.29, 1.82) is 0 Å². The molecule has 0 aromatic heterocycles. The molecule has 1 aliphatic heterocycles. The van der Waals surface area contributed by atoms with Crippen LogP contribution in [0.5, 0.6) is 0 Å². The molecular formula is C17H25NO2. The third-order valence-electron chi connectivity index (χ3n) is 4.16. The summed E-state index contributed by atoms with van der Waals surface area (Å²) in [7, 11) is 0. The Labute approximate surface area is 121 Å². The second kappa shape index (κ2) is 6.40. The van der Waals surface area contributed by atoms with Gasteiger partial charge in [-0.3, -0.25) is 4.79 Å². The van der Waals surface area contributed by atoms with E-state index in [2.05, 4.69) is 32.0 Å². The fourth-order valence-corrected chi connectivity index (χ4v) is 3.06. The second-order valence-electron chi connectivity index (χ2n) is 6.07. The van der Waals surface area contributed by atoms with Gasteiger partial charge in [-0.05, 0) is 51.2 Å². The lowest BCUT2D eigenvalue weighted by atomic mass is 10.0. The van der Waals surface area contributed by atoms with E-state index in [0.717, 1.165) is 24.9 Å². The van der Waals surface area contributed by atoms with Crippen LogP contribution in [0.3, 0.4) is 0 Å². The molecular weight excluding hydrogens is 250 g/mol. The SMILES string of the molecule is Cc1ccc(C)c(CC(=O)N2CCCC2CC(C)O)c1. The Balaban J connectivity index is 2.05. The number of hydrogen-bond donors (Lipinski definition) is 1. The summed E-state index contributed by atoms with van der Waals surface area (Å²) in [6.45, 7) is 6.74. The maximum Gasteiger partial charge on any atom is 0.227 e. The first-order chi connectivity index (χ1) is 9.47. The molecule has 0 bridgehead atoms. The molecule has 1 aliphatic rings. The molecule has 2 unspecified atom stereocenters. The molecule has 0 saturated carbocycles. The number of nitrogens with zero attached hydrogens (tertiary/aromatic N) is 1. The van der Waals surface area contributed by atoms with Crippen molar-refractivity contribution < 1.29 is 9.90 Å². The zero-order valence-electron chi connectivity index (χ0n) is 12.7. The van der Waals surface area contributed by atoms with Crippen molar-refractivity contribution in [3.8, 4) is 0 Å². The first-order valence-corrected chi connectivity index (χ1v) is 7.51. The Morgan fingerprint density at radius 1 is 1.45 bits per heavy atom. The number of aryl methyl sites for hydroxylation is 2. The zero-order valence-corrected chi connectivity index (χ0v) is 12.7. The summed E-state index contributed by atoms with van der Waals surface area (Å²) in [5, 5.41) is 9.54. The van der Waals surface area contributed by atoms with E-state index in [1.807, 2.05) is 4.90 Å². The highest BCUT2D eigenvalue weighted by atomic mass is 16.3. The van der Waals surface area contributed by atoms with Gasteiger partial charge in [-0.15, -0.1) is 0 Å². The van der Waals surface area contributed by atoms with Crippen molar-refractivity contribution in [2.45, 2.75) is 58.6 Å². The Bertz CT molecular complexity index is 482. The fourth-order valence-electron chi connectivity index (χ4n) is 3.06. The normalized spacial score (nSPS) is 20.2. The van der Waals surface area contributed by atoms with Gasteiger partial charge in [0.15, 0.2) is 0 Å². The maximum atomic E-state index is 12.5. The Hall–Kier alpha value is -1.35. The van der Waals surface area contributed by atoms with Crippen molar-refractivity contribution >= 4 is 5.91 Å². The monoisotopic (exact) mass is 275 g/mol. The number of aliphatic hydroxyl groups is 1. The molecule has 1 N–H and O–H groups in total. The van der Waals surface area contributed by atoms with Crippen LogP contribution in [0, 0.1) is 13.8 Å². The minimum atomic E-state index is -0.339. The highest BCUT2D eigenvalue weighted by molar-refractivity contribution is 5.79. The average Bonchev–Trinajstić information content (AvgIpc) is 2.81. The molecule has 0 aliphatic carbocycles. The summed E-state index contributed by atoms with van der Waals surface area (Å²) in [4.78, 5) is 14.5. The van der Waals surface area contributed by atoms with Gasteiger partial charge in [0, 0.05) is 12.6 Å². The van der Waals surface area contributed by atoms with Crippen molar-refractivity contribution in [2.75, 3.05) is 6.54 Å². The quantitative estimate of drug-likeness (QED) is 0.917. The van der Waals surface area contributed by atoms with Crippen molar-refractivity contribution in [1.82, 2.24) is 4.90 Å². The number of likely N-dealkylation sites (tertiary alicyclic amines) is 1. The highest BCUT2D eigenvalue weighted by Gasteiger charge is 2.29. The lowest BCUT2D eigenvalue weighted by molar-refractivity contribution is -0.131. The van der Waals surface area contributed by atoms with E-state index < -0.39 is 0 Å². The van der Waals surface area contributed by atoms with Gasteiger partial charge in [-0.25, -0.2) is 0 Å². The smallest absolute Gasteiger partial charge is 0.227 e. The van der Waals surface area contributed by atoms with Crippen LogP contribution in [-0.2, 0) is 11.2 Å². The van der Waals surface area contributed by atoms with Crippen LogP contribution in [0.25, 0.3) is 0 Å². The predicted octanol–water partition coefficient (Wildman–Crippen LogP) is 2.61. The molecule has 110 valence electrons. The van der Waals surface area contributed by atoms with Gasteiger partial charge in [0.1, 0.15) is 0 Å². The molecule has 0 radical (unpaired) electrons. The molecule has 1 fully saturated rings. The number of carbonyl (C=O) groups is 1.